The molecule has 17 nitrogen and oxygen atoms in total. The van der Waals surface area contributed by atoms with E-state index in [0.29, 0.717) is 5.56 Å². The molecule has 0 saturated carbocycles. The van der Waals surface area contributed by atoms with Crippen LogP contribution in [0.15, 0.2) is 24.3 Å². The molecule has 6 amide bonds. The van der Waals surface area contributed by atoms with E-state index in [2.05, 4.69) is 16.0 Å². The van der Waals surface area contributed by atoms with Crippen molar-refractivity contribution in [2.45, 2.75) is 76.3 Å². The largest absolute Gasteiger partial charge is 0.508 e. The van der Waals surface area contributed by atoms with Crippen LogP contribution in [-0.4, -0.2) is 93.0 Å². The van der Waals surface area contributed by atoms with E-state index in [9.17, 15) is 48.9 Å². The molecule has 0 bridgehead atoms. The second kappa shape index (κ2) is 16.6. The van der Waals surface area contributed by atoms with Crippen molar-refractivity contribution < 1.29 is 48.9 Å². The number of hydrogen-bond donors (Lipinski definition) is 10. The number of nitrogens with one attached hydrogen (secondary N) is 4. The number of aromatic hydroxyl groups is 1. The number of nitrogens with two attached hydrogens (primary N) is 3. The summed E-state index contributed by atoms with van der Waals surface area (Å²) in [6.45, 7) is 4.44. The Labute approximate surface area is 246 Å². The smallest absolute Gasteiger partial charge is 0.326 e. The highest BCUT2D eigenvalue weighted by atomic mass is 16.4. The molecule has 0 heterocycles. The first kappa shape index (κ1) is 36.3. The quantitative estimate of drug-likeness (QED) is 0.0813. The third-order valence-electron chi connectivity index (χ3n) is 6.15. The molecule has 6 atom stereocenters. The van der Waals surface area contributed by atoms with Gasteiger partial charge in [-0.15, -0.1) is 0 Å². The second-order valence-corrected chi connectivity index (χ2v) is 10.2. The molecule has 43 heavy (non-hydrogen) atoms. The molecular formula is C26H39N7O10. The van der Waals surface area contributed by atoms with Crippen molar-refractivity contribution >= 4 is 41.4 Å². The molecule has 0 aliphatic rings. The molecule has 17 heteroatoms. The molecule has 1 aromatic carbocycles. The highest BCUT2D eigenvalue weighted by Crippen LogP contribution is 2.12. The fourth-order valence-electron chi connectivity index (χ4n) is 3.65. The fraction of sp³-hybridized carbons (Fsp3) is 0.500. The SMILES string of the molecule is CC(C)[C@H](N)C(=O)N[C@@H](CC(N)=O)C(=O)N[C@@H](Cc1ccc(O)cc1)C(=O)N[C@H](C(=O)N[C@@H](CC(N)=O)C(=O)O)[C@@H](C)O. The highest BCUT2D eigenvalue weighted by molar-refractivity contribution is 5.97. The van der Waals surface area contributed by atoms with Crippen molar-refractivity contribution in [1.82, 2.24) is 21.3 Å². The van der Waals surface area contributed by atoms with E-state index in [1.807, 2.05) is 5.32 Å². The van der Waals surface area contributed by atoms with Crippen LogP contribution in [0.4, 0.5) is 0 Å². The van der Waals surface area contributed by atoms with Crippen molar-refractivity contribution in [1.29, 1.82) is 0 Å². The number of amides is 6. The average Bonchev–Trinajstić information content (AvgIpc) is 2.90. The van der Waals surface area contributed by atoms with E-state index < -0.39 is 90.6 Å². The van der Waals surface area contributed by atoms with Gasteiger partial charge in [0.15, 0.2) is 0 Å². The number of carbonyl (C=O) groups excluding carboxylic acids is 6. The number of phenols is 1. The predicted molar refractivity (Wildman–Crippen MR) is 149 cm³/mol. The minimum absolute atomic E-state index is 0.0886. The summed E-state index contributed by atoms with van der Waals surface area (Å²) in [5.41, 5.74) is 16.5. The number of primary amides is 2. The standard InChI is InChI=1S/C26H39N7O10/c1-11(2)20(29)24(40)31-16(9-18(27)36)22(38)30-15(8-13-4-6-14(35)7-5-13)23(39)33-21(12(3)34)25(41)32-17(26(42)43)10-19(28)37/h4-7,11-12,15-17,20-21,34-35H,8-10,29H2,1-3H3,(H2,27,36)(H2,28,37)(H,30,38)(H,31,40)(H,32,41)(H,33,39)(H,42,43)/t12-,15+,16+,17+,20+,21+/m1/s1. The van der Waals surface area contributed by atoms with Crippen LogP contribution < -0.4 is 38.5 Å². The number of carboxylic acids is 1. The number of phenolic OH excluding ortho intramolecular Hbond substituents is 1. The number of hydrogen-bond acceptors (Lipinski definition) is 10. The van der Waals surface area contributed by atoms with Crippen LogP contribution in [-0.2, 0) is 40.0 Å². The molecule has 13 N–H and O–H groups in total. The van der Waals surface area contributed by atoms with Gasteiger partial charge in [-0.1, -0.05) is 26.0 Å². The normalized spacial score (nSPS) is 15.1. The number of aliphatic hydroxyl groups is 1. The predicted octanol–water partition coefficient (Wildman–Crippen LogP) is -3.93. The van der Waals surface area contributed by atoms with Crippen LogP contribution in [0.25, 0.3) is 0 Å². The number of rotatable bonds is 17. The summed E-state index contributed by atoms with van der Waals surface area (Å²) < 4.78 is 0. The minimum Gasteiger partial charge on any atom is -0.508 e. The molecule has 0 aromatic heterocycles. The first-order chi connectivity index (χ1) is 19.9. The lowest BCUT2D eigenvalue weighted by molar-refractivity contribution is -0.144. The molecule has 1 aromatic rings. The Bertz CT molecular complexity index is 1190. The lowest BCUT2D eigenvalue weighted by Gasteiger charge is -2.27. The highest BCUT2D eigenvalue weighted by Gasteiger charge is 2.34. The number of carbonyl (C=O) groups is 7. The van der Waals surface area contributed by atoms with E-state index in [1.165, 1.54) is 24.3 Å². The third-order valence-corrected chi connectivity index (χ3v) is 6.15. The van der Waals surface area contributed by atoms with Gasteiger partial charge in [-0.25, -0.2) is 4.79 Å². The van der Waals surface area contributed by atoms with Crippen molar-refractivity contribution in [2.75, 3.05) is 0 Å². The number of aliphatic hydroxyl groups excluding tert-OH is 1. The second-order valence-electron chi connectivity index (χ2n) is 10.2. The van der Waals surface area contributed by atoms with Crippen molar-refractivity contribution in [3.05, 3.63) is 29.8 Å². The maximum atomic E-state index is 13.4. The van der Waals surface area contributed by atoms with Gasteiger partial charge in [0.1, 0.15) is 29.9 Å². The summed E-state index contributed by atoms with van der Waals surface area (Å²) in [5, 5.41) is 38.0. The van der Waals surface area contributed by atoms with Crippen LogP contribution >= 0.6 is 0 Å². The Balaban J connectivity index is 3.30. The molecule has 0 unspecified atom stereocenters. The summed E-state index contributed by atoms with van der Waals surface area (Å²) in [6.07, 6.45) is -3.25. The van der Waals surface area contributed by atoms with E-state index in [-0.39, 0.29) is 18.1 Å². The van der Waals surface area contributed by atoms with Gasteiger partial charge < -0.3 is 53.8 Å². The van der Waals surface area contributed by atoms with Crippen LogP contribution in [0.1, 0.15) is 39.2 Å². The summed E-state index contributed by atoms with van der Waals surface area (Å²) >= 11 is 0. The van der Waals surface area contributed by atoms with Gasteiger partial charge in [0, 0.05) is 6.42 Å². The fourth-order valence-corrected chi connectivity index (χ4v) is 3.65. The van der Waals surface area contributed by atoms with Gasteiger partial charge in [0.25, 0.3) is 0 Å². The van der Waals surface area contributed by atoms with E-state index >= 15 is 0 Å². The van der Waals surface area contributed by atoms with Crippen molar-refractivity contribution in [2.24, 2.45) is 23.1 Å². The maximum Gasteiger partial charge on any atom is 0.326 e. The average molecular weight is 610 g/mol. The molecule has 0 aliphatic carbocycles. The van der Waals surface area contributed by atoms with Crippen molar-refractivity contribution in [3.8, 4) is 5.75 Å². The number of benzene rings is 1. The van der Waals surface area contributed by atoms with Crippen LogP contribution in [0.2, 0.25) is 0 Å². The Morgan fingerprint density at radius 2 is 1.19 bits per heavy atom. The van der Waals surface area contributed by atoms with Gasteiger partial charge in [-0.3, -0.25) is 28.8 Å². The topological polar surface area (TPSA) is 306 Å². The summed E-state index contributed by atoms with van der Waals surface area (Å²) in [5.74, 6) is -7.97. The van der Waals surface area contributed by atoms with Crippen LogP contribution in [0, 0.1) is 5.92 Å². The summed E-state index contributed by atoms with van der Waals surface area (Å²) in [7, 11) is 0. The first-order valence-electron chi connectivity index (χ1n) is 13.1. The molecule has 0 fully saturated rings. The first-order valence-corrected chi connectivity index (χ1v) is 13.1. The Morgan fingerprint density at radius 3 is 1.65 bits per heavy atom. The van der Waals surface area contributed by atoms with Gasteiger partial charge in [-0.2, -0.15) is 0 Å². The zero-order chi connectivity index (χ0) is 33.0. The number of carboxylic acid groups (broad SMARTS) is 1. The van der Waals surface area contributed by atoms with Gasteiger partial charge >= 0.3 is 5.97 Å². The molecule has 0 spiro atoms. The molecule has 0 saturated heterocycles. The molecule has 1 rings (SSSR count). The van der Waals surface area contributed by atoms with Gasteiger partial charge in [0.2, 0.25) is 35.4 Å². The van der Waals surface area contributed by atoms with Gasteiger partial charge in [-0.05, 0) is 30.5 Å². The zero-order valence-electron chi connectivity index (χ0n) is 23.9. The van der Waals surface area contributed by atoms with E-state index in [1.54, 1.807) is 13.8 Å². The lowest BCUT2D eigenvalue weighted by atomic mass is 10.0. The Kier molecular flexibility index (Phi) is 14.0. The third kappa shape index (κ3) is 12.3. The monoisotopic (exact) mass is 609 g/mol. The van der Waals surface area contributed by atoms with Crippen LogP contribution in [0.3, 0.4) is 0 Å². The van der Waals surface area contributed by atoms with Crippen molar-refractivity contribution in [3.63, 3.8) is 0 Å². The zero-order valence-corrected chi connectivity index (χ0v) is 23.9. The number of aliphatic carboxylic acids is 1. The lowest BCUT2D eigenvalue weighted by Crippen LogP contribution is -2.61. The molecule has 0 aliphatic heterocycles. The Morgan fingerprint density at radius 1 is 0.721 bits per heavy atom. The van der Waals surface area contributed by atoms with Gasteiger partial charge in [0.05, 0.1) is 25.0 Å². The van der Waals surface area contributed by atoms with Crippen LogP contribution in [0.5, 0.6) is 5.75 Å². The Hall–Kier alpha value is -4.77. The minimum atomic E-state index is -1.76. The summed E-state index contributed by atoms with van der Waals surface area (Å²) in [6, 6.07) is -2.09. The molecular weight excluding hydrogens is 570 g/mol. The molecule has 0 radical (unpaired) electrons. The maximum absolute atomic E-state index is 13.4. The van der Waals surface area contributed by atoms with E-state index in [4.69, 9.17) is 17.2 Å². The molecule has 238 valence electrons. The van der Waals surface area contributed by atoms with E-state index in [0.717, 1.165) is 6.92 Å². The summed E-state index contributed by atoms with van der Waals surface area (Å²) in [4.78, 5) is 86.2.